The number of nitrogens with zero attached hydrogens (tertiary/aromatic N) is 2. The van der Waals surface area contributed by atoms with Gasteiger partial charge in [-0.05, 0) is 54.1 Å². The number of halogens is 1. The third-order valence-electron chi connectivity index (χ3n) is 5.28. The first kappa shape index (κ1) is 22.1. The molecule has 2 aromatic rings. The summed E-state index contributed by atoms with van der Waals surface area (Å²) >= 11 is 5.72. The molecule has 32 heavy (non-hydrogen) atoms. The third kappa shape index (κ3) is 5.01. The van der Waals surface area contributed by atoms with E-state index in [1.165, 1.54) is 17.1 Å². The Morgan fingerprint density at radius 2 is 1.97 bits per heavy atom. The molecule has 9 nitrogen and oxygen atoms in total. The lowest BCUT2D eigenvalue weighted by molar-refractivity contribution is -0.132. The van der Waals surface area contributed by atoms with Gasteiger partial charge in [-0.15, -0.1) is 0 Å². The number of carbonyl (C=O) groups excluding carboxylic acids is 3. The SMILES string of the molecule is O=C(Nc1ccc(N2CCOCC2=O)cc1)[C@H]1C[C@@H](O)CN1C(=O)C=Cc1ccc(Cl)o1. The van der Waals surface area contributed by atoms with Gasteiger partial charge in [-0.2, -0.15) is 0 Å². The summed E-state index contributed by atoms with van der Waals surface area (Å²) in [7, 11) is 0. The Morgan fingerprint density at radius 1 is 1.19 bits per heavy atom. The number of rotatable bonds is 5. The molecule has 0 unspecified atom stereocenters. The van der Waals surface area contributed by atoms with Crippen LogP contribution in [-0.2, 0) is 19.1 Å². The average Bonchev–Trinajstić information content (AvgIpc) is 3.38. The summed E-state index contributed by atoms with van der Waals surface area (Å²) in [5.41, 5.74) is 1.24. The van der Waals surface area contributed by atoms with Crippen LogP contribution in [0.25, 0.3) is 6.08 Å². The lowest BCUT2D eigenvalue weighted by Gasteiger charge is -2.27. The molecule has 2 N–H and O–H groups in total. The number of hydrogen-bond donors (Lipinski definition) is 2. The molecular formula is C22H22ClN3O6. The summed E-state index contributed by atoms with van der Waals surface area (Å²) in [5.74, 6) is -0.537. The van der Waals surface area contributed by atoms with E-state index in [1.54, 1.807) is 41.3 Å². The Bertz CT molecular complexity index is 1030. The van der Waals surface area contributed by atoms with Gasteiger partial charge >= 0.3 is 0 Å². The second-order valence-corrected chi connectivity index (χ2v) is 7.88. The summed E-state index contributed by atoms with van der Waals surface area (Å²) in [4.78, 5) is 40.4. The molecule has 4 rings (SSSR count). The van der Waals surface area contributed by atoms with Gasteiger partial charge in [0.15, 0.2) is 5.22 Å². The van der Waals surface area contributed by atoms with Crippen molar-refractivity contribution in [2.75, 3.05) is 36.5 Å². The Morgan fingerprint density at radius 3 is 2.66 bits per heavy atom. The number of β-amino-alcohol motifs (C(OH)–C–C–N with tert-alkyl or cyclic N) is 1. The van der Waals surface area contributed by atoms with Crippen LogP contribution < -0.4 is 10.2 Å². The zero-order valence-electron chi connectivity index (χ0n) is 17.1. The molecule has 3 heterocycles. The van der Waals surface area contributed by atoms with Gasteiger partial charge in [0.25, 0.3) is 5.91 Å². The van der Waals surface area contributed by atoms with E-state index in [0.29, 0.717) is 30.3 Å². The molecule has 0 radical (unpaired) electrons. The van der Waals surface area contributed by atoms with Crippen molar-refractivity contribution in [3.05, 3.63) is 53.5 Å². The minimum Gasteiger partial charge on any atom is -0.445 e. The maximum absolute atomic E-state index is 12.8. The summed E-state index contributed by atoms with van der Waals surface area (Å²) < 4.78 is 10.3. The number of anilines is 2. The number of aliphatic hydroxyl groups excluding tert-OH is 1. The molecular weight excluding hydrogens is 438 g/mol. The first-order valence-electron chi connectivity index (χ1n) is 10.1. The highest BCUT2D eigenvalue weighted by molar-refractivity contribution is 6.28. The summed E-state index contributed by atoms with van der Waals surface area (Å²) in [6.45, 7) is 1.05. The highest BCUT2D eigenvalue weighted by Crippen LogP contribution is 2.23. The maximum Gasteiger partial charge on any atom is 0.253 e. The molecule has 0 aliphatic carbocycles. The van der Waals surface area contributed by atoms with Crippen LogP contribution in [0, 0.1) is 0 Å². The first-order valence-corrected chi connectivity index (χ1v) is 10.5. The molecule has 1 aromatic heterocycles. The van der Waals surface area contributed by atoms with E-state index >= 15 is 0 Å². The quantitative estimate of drug-likeness (QED) is 0.660. The van der Waals surface area contributed by atoms with Gasteiger partial charge in [0.05, 0.1) is 12.7 Å². The van der Waals surface area contributed by atoms with Crippen LogP contribution in [0.15, 0.2) is 46.9 Å². The van der Waals surface area contributed by atoms with Crippen molar-refractivity contribution < 1.29 is 28.6 Å². The van der Waals surface area contributed by atoms with Crippen molar-refractivity contribution in [2.24, 2.45) is 0 Å². The van der Waals surface area contributed by atoms with Crippen LogP contribution in [0.5, 0.6) is 0 Å². The molecule has 0 bridgehead atoms. The standard InChI is InChI=1S/C22H22ClN3O6/c23-19-7-5-17(32-19)6-8-20(28)26-12-16(27)11-18(26)22(30)24-14-1-3-15(4-2-14)25-9-10-31-13-21(25)29/h1-8,16,18,27H,9-13H2,(H,24,30)/t16-,18-/m1/s1. The van der Waals surface area contributed by atoms with E-state index in [0.717, 1.165) is 0 Å². The maximum atomic E-state index is 12.8. The van der Waals surface area contributed by atoms with Crippen molar-refractivity contribution in [3.8, 4) is 0 Å². The molecule has 2 saturated heterocycles. The minimum absolute atomic E-state index is 0.0494. The highest BCUT2D eigenvalue weighted by atomic mass is 35.5. The van der Waals surface area contributed by atoms with E-state index in [9.17, 15) is 19.5 Å². The molecule has 2 fully saturated rings. The fourth-order valence-corrected chi connectivity index (χ4v) is 3.87. The van der Waals surface area contributed by atoms with Gasteiger partial charge < -0.3 is 29.4 Å². The molecule has 10 heteroatoms. The summed E-state index contributed by atoms with van der Waals surface area (Å²) in [6.07, 6.45) is 2.08. The van der Waals surface area contributed by atoms with Gasteiger partial charge in [0.2, 0.25) is 11.8 Å². The number of ether oxygens (including phenoxy) is 1. The summed E-state index contributed by atoms with van der Waals surface area (Å²) in [5, 5.41) is 13.0. The normalized spacial score (nSPS) is 21.4. The van der Waals surface area contributed by atoms with Crippen molar-refractivity contribution in [2.45, 2.75) is 18.6 Å². The second-order valence-electron chi connectivity index (χ2n) is 7.51. The van der Waals surface area contributed by atoms with Crippen LogP contribution in [0.3, 0.4) is 0 Å². The lowest BCUT2D eigenvalue weighted by atomic mass is 10.1. The average molecular weight is 460 g/mol. The van der Waals surface area contributed by atoms with Crippen LogP contribution in [0.4, 0.5) is 11.4 Å². The van der Waals surface area contributed by atoms with E-state index in [-0.39, 0.29) is 30.7 Å². The van der Waals surface area contributed by atoms with E-state index < -0.39 is 24.0 Å². The zero-order chi connectivity index (χ0) is 22.7. The van der Waals surface area contributed by atoms with Crippen LogP contribution in [-0.4, -0.2) is 66.2 Å². The number of aliphatic hydroxyl groups is 1. The molecule has 1 aromatic carbocycles. The van der Waals surface area contributed by atoms with Crippen LogP contribution in [0.1, 0.15) is 12.2 Å². The molecule has 0 saturated carbocycles. The Kier molecular flexibility index (Phi) is 6.59. The lowest BCUT2D eigenvalue weighted by Crippen LogP contribution is -2.42. The summed E-state index contributed by atoms with van der Waals surface area (Å²) in [6, 6.07) is 9.21. The smallest absolute Gasteiger partial charge is 0.253 e. The molecule has 0 spiro atoms. The number of morpholine rings is 1. The number of hydrogen-bond acceptors (Lipinski definition) is 6. The number of likely N-dealkylation sites (tertiary alicyclic amines) is 1. The van der Waals surface area contributed by atoms with E-state index in [2.05, 4.69) is 5.32 Å². The van der Waals surface area contributed by atoms with Crippen LogP contribution >= 0.6 is 11.6 Å². The number of amides is 3. The Balaban J connectivity index is 1.40. The van der Waals surface area contributed by atoms with Crippen molar-refractivity contribution in [1.29, 1.82) is 0 Å². The fourth-order valence-electron chi connectivity index (χ4n) is 3.71. The second kappa shape index (κ2) is 9.56. The molecule has 2 atom stereocenters. The van der Waals surface area contributed by atoms with Gasteiger partial charge in [-0.1, -0.05) is 0 Å². The zero-order valence-corrected chi connectivity index (χ0v) is 17.8. The predicted molar refractivity (Wildman–Crippen MR) is 117 cm³/mol. The number of furan rings is 1. The van der Waals surface area contributed by atoms with Crippen molar-refractivity contribution in [1.82, 2.24) is 4.90 Å². The highest BCUT2D eigenvalue weighted by Gasteiger charge is 2.38. The molecule has 3 amide bonds. The van der Waals surface area contributed by atoms with E-state index in [1.807, 2.05) is 0 Å². The third-order valence-corrected chi connectivity index (χ3v) is 5.48. The molecule has 2 aliphatic heterocycles. The van der Waals surface area contributed by atoms with Crippen molar-refractivity contribution >= 4 is 46.8 Å². The van der Waals surface area contributed by atoms with Gasteiger partial charge in [-0.3, -0.25) is 14.4 Å². The predicted octanol–water partition coefficient (Wildman–Crippen LogP) is 1.91. The molecule has 168 valence electrons. The van der Waals surface area contributed by atoms with Gasteiger partial charge in [-0.25, -0.2) is 0 Å². The fraction of sp³-hybridized carbons (Fsp3) is 0.318. The number of carbonyl (C=O) groups is 3. The first-order chi connectivity index (χ1) is 15.4. The molecule has 2 aliphatic rings. The van der Waals surface area contributed by atoms with Crippen LogP contribution in [0.2, 0.25) is 5.22 Å². The Labute approximate surface area is 189 Å². The van der Waals surface area contributed by atoms with Crippen molar-refractivity contribution in [3.63, 3.8) is 0 Å². The van der Waals surface area contributed by atoms with Gasteiger partial charge in [0.1, 0.15) is 18.4 Å². The largest absolute Gasteiger partial charge is 0.445 e. The minimum atomic E-state index is -0.817. The Hall–Kier alpha value is -3.14. The van der Waals surface area contributed by atoms with E-state index in [4.69, 9.17) is 20.8 Å². The topological polar surface area (TPSA) is 112 Å². The number of nitrogens with one attached hydrogen (secondary N) is 1. The monoisotopic (exact) mass is 459 g/mol. The number of benzene rings is 1. The van der Waals surface area contributed by atoms with Gasteiger partial charge in [0, 0.05) is 37.0 Å².